The van der Waals surface area contributed by atoms with E-state index in [1.165, 1.54) is 12.1 Å². The van der Waals surface area contributed by atoms with Gasteiger partial charge in [0.15, 0.2) is 0 Å². The zero-order valence-corrected chi connectivity index (χ0v) is 16.3. The molecular formula is C21H17F3N2O3S. The number of hydrogen-bond acceptors (Lipinski definition) is 3. The van der Waals surface area contributed by atoms with Crippen LogP contribution in [0.15, 0.2) is 83.8 Å². The Balaban J connectivity index is 1.67. The summed E-state index contributed by atoms with van der Waals surface area (Å²) in [4.78, 5) is 11.6. The first-order valence-corrected chi connectivity index (χ1v) is 10.3. The molecular weight excluding hydrogens is 417 g/mol. The minimum Gasteiger partial charge on any atom is -0.326 e. The quantitative estimate of drug-likeness (QED) is 0.591. The fraction of sp³-hybridized carbons (Fsp3) is 0.0952. The summed E-state index contributed by atoms with van der Waals surface area (Å²) in [6.07, 6.45) is -4.57. The molecule has 0 atom stereocenters. The third-order valence-electron chi connectivity index (χ3n) is 4.10. The van der Waals surface area contributed by atoms with Crippen molar-refractivity contribution < 1.29 is 26.4 Å². The van der Waals surface area contributed by atoms with Crippen molar-refractivity contribution in [3.8, 4) is 0 Å². The van der Waals surface area contributed by atoms with Crippen LogP contribution in [0.5, 0.6) is 0 Å². The lowest BCUT2D eigenvalue weighted by Gasteiger charge is -2.11. The predicted octanol–water partition coefficient (Wildman–Crippen LogP) is 4.69. The van der Waals surface area contributed by atoms with Crippen LogP contribution in [0.25, 0.3) is 0 Å². The van der Waals surface area contributed by atoms with Crippen molar-refractivity contribution in [2.45, 2.75) is 17.5 Å². The minimum atomic E-state index is -4.65. The van der Waals surface area contributed by atoms with E-state index in [-0.39, 0.29) is 18.0 Å². The highest BCUT2D eigenvalue weighted by Gasteiger charge is 2.31. The SMILES string of the molecule is O=C(Cc1ccc(NS(=O)(=O)c2cccc(C(F)(F)F)c2)cc1)Nc1ccccc1. The maximum atomic E-state index is 12.8. The Morgan fingerprint density at radius 2 is 1.50 bits per heavy atom. The van der Waals surface area contributed by atoms with E-state index in [0.29, 0.717) is 17.3 Å². The summed E-state index contributed by atoms with van der Waals surface area (Å²) in [5, 5.41) is 2.74. The van der Waals surface area contributed by atoms with Gasteiger partial charge >= 0.3 is 6.18 Å². The van der Waals surface area contributed by atoms with Crippen molar-refractivity contribution in [1.82, 2.24) is 0 Å². The van der Waals surface area contributed by atoms with Gasteiger partial charge in [0, 0.05) is 11.4 Å². The molecule has 0 fully saturated rings. The molecule has 3 aromatic rings. The molecule has 0 radical (unpaired) electrons. The van der Waals surface area contributed by atoms with Gasteiger partial charge in [0.1, 0.15) is 0 Å². The van der Waals surface area contributed by atoms with Crippen LogP contribution in [0.4, 0.5) is 24.5 Å². The molecule has 156 valence electrons. The molecule has 0 aliphatic rings. The molecule has 3 aromatic carbocycles. The second-order valence-electron chi connectivity index (χ2n) is 6.42. The van der Waals surface area contributed by atoms with Gasteiger partial charge in [0.25, 0.3) is 10.0 Å². The third kappa shape index (κ3) is 5.60. The molecule has 0 heterocycles. The zero-order valence-electron chi connectivity index (χ0n) is 15.5. The molecule has 30 heavy (non-hydrogen) atoms. The van der Waals surface area contributed by atoms with E-state index in [0.717, 1.165) is 18.2 Å². The number of carbonyl (C=O) groups is 1. The lowest BCUT2D eigenvalue weighted by molar-refractivity contribution is -0.137. The van der Waals surface area contributed by atoms with Gasteiger partial charge in [-0.3, -0.25) is 9.52 Å². The Hall–Kier alpha value is -3.33. The van der Waals surface area contributed by atoms with Gasteiger partial charge in [-0.2, -0.15) is 13.2 Å². The number of para-hydroxylation sites is 1. The molecule has 0 aliphatic carbocycles. The molecule has 0 saturated carbocycles. The van der Waals surface area contributed by atoms with E-state index in [1.807, 2.05) is 6.07 Å². The Morgan fingerprint density at radius 1 is 0.833 bits per heavy atom. The first-order valence-electron chi connectivity index (χ1n) is 8.77. The Morgan fingerprint density at radius 3 is 2.13 bits per heavy atom. The molecule has 9 heteroatoms. The van der Waals surface area contributed by atoms with Crippen molar-refractivity contribution in [2.24, 2.45) is 0 Å². The second-order valence-corrected chi connectivity index (χ2v) is 8.10. The molecule has 0 aromatic heterocycles. The first kappa shape index (κ1) is 21.4. The fourth-order valence-electron chi connectivity index (χ4n) is 2.66. The van der Waals surface area contributed by atoms with Gasteiger partial charge in [-0.25, -0.2) is 8.42 Å². The van der Waals surface area contributed by atoms with E-state index in [4.69, 9.17) is 0 Å². The highest BCUT2D eigenvalue weighted by atomic mass is 32.2. The molecule has 2 N–H and O–H groups in total. The maximum absolute atomic E-state index is 12.8. The minimum absolute atomic E-state index is 0.0789. The van der Waals surface area contributed by atoms with E-state index in [2.05, 4.69) is 10.0 Å². The second kappa shape index (κ2) is 8.58. The monoisotopic (exact) mass is 434 g/mol. The summed E-state index contributed by atoms with van der Waals surface area (Å²) in [5.74, 6) is -0.238. The lowest BCUT2D eigenvalue weighted by Crippen LogP contribution is -2.15. The van der Waals surface area contributed by atoms with Crippen molar-refractivity contribution in [3.63, 3.8) is 0 Å². The van der Waals surface area contributed by atoms with E-state index in [9.17, 15) is 26.4 Å². The van der Waals surface area contributed by atoms with Gasteiger partial charge in [-0.15, -0.1) is 0 Å². The van der Waals surface area contributed by atoms with Crippen LogP contribution in [0, 0.1) is 0 Å². The normalized spacial score (nSPS) is 11.7. The van der Waals surface area contributed by atoms with Crippen LogP contribution in [0.1, 0.15) is 11.1 Å². The Bertz CT molecular complexity index is 1130. The number of nitrogens with one attached hydrogen (secondary N) is 2. The lowest BCUT2D eigenvalue weighted by atomic mass is 10.1. The molecule has 1 amide bonds. The molecule has 0 spiro atoms. The van der Waals surface area contributed by atoms with Crippen molar-refractivity contribution in [2.75, 3.05) is 10.0 Å². The van der Waals surface area contributed by atoms with Crippen molar-refractivity contribution in [1.29, 1.82) is 0 Å². The van der Waals surface area contributed by atoms with E-state index < -0.39 is 26.7 Å². The first-order chi connectivity index (χ1) is 14.1. The fourth-order valence-corrected chi connectivity index (χ4v) is 3.76. The topological polar surface area (TPSA) is 75.3 Å². The number of alkyl halides is 3. The average Bonchev–Trinajstić information content (AvgIpc) is 2.69. The predicted molar refractivity (Wildman–Crippen MR) is 107 cm³/mol. The van der Waals surface area contributed by atoms with E-state index >= 15 is 0 Å². The molecule has 0 unspecified atom stereocenters. The van der Waals surface area contributed by atoms with Gasteiger partial charge in [-0.05, 0) is 48.0 Å². The van der Waals surface area contributed by atoms with Crippen LogP contribution in [0.2, 0.25) is 0 Å². The molecule has 0 saturated heterocycles. The number of rotatable bonds is 6. The van der Waals surface area contributed by atoms with Gasteiger partial charge in [-0.1, -0.05) is 36.4 Å². The number of anilines is 2. The molecule has 0 bridgehead atoms. The van der Waals surface area contributed by atoms with Crippen LogP contribution in [-0.2, 0) is 27.4 Å². The average molecular weight is 434 g/mol. The third-order valence-corrected chi connectivity index (χ3v) is 5.48. The Labute approximate surface area is 171 Å². The highest BCUT2D eigenvalue weighted by molar-refractivity contribution is 7.92. The number of hydrogen-bond donors (Lipinski definition) is 2. The van der Waals surface area contributed by atoms with E-state index in [1.54, 1.807) is 36.4 Å². The van der Waals surface area contributed by atoms with Crippen molar-refractivity contribution >= 4 is 27.3 Å². The molecule has 5 nitrogen and oxygen atoms in total. The summed E-state index contributed by atoms with van der Waals surface area (Å²) in [7, 11) is -4.20. The van der Waals surface area contributed by atoms with Gasteiger partial charge in [0.2, 0.25) is 5.91 Å². The highest BCUT2D eigenvalue weighted by Crippen LogP contribution is 2.30. The van der Waals surface area contributed by atoms with Gasteiger partial charge in [0.05, 0.1) is 16.9 Å². The van der Waals surface area contributed by atoms with Crippen LogP contribution < -0.4 is 10.0 Å². The number of benzene rings is 3. The van der Waals surface area contributed by atoms with Crippen LogP contribution in [0.3, 0.4) is 0 Å². The summed E-state index contributed by atoms with van der Waals surface area (Å²) >= 11 is 0. The summed E-state index contributed by atoms with van der Waals surface area (Å²) in [5.41, 5.74) is 0.420. The standard InChI is InChI=1S/C21H17F3N2O3S/c22-21(23,24)16-5-4-8-19(14-16)30(28,29)26-18-11-9-15(10-12-18)13-20(27)25-17-6-2-1-3-7-17/h1-12,14,26H,13H2,(H,25,27). The molecule has 3 rings (SSSR count). The summed E-state index contributed by atoms with van der Waals surface area (Å²) < 4.78 is 65.5. The smallest absolute Gasteiger partial charge is 0.326 e. The number of carbonyl (C=O) groups excluding carboxylic acids is 1. The van der Waals surface area contributed by atoms with Gasteiger partial charge < -0.3 is 5.32 Å². The van der Waals surface area contributed by atoms with Crippen LogP contribution in [-0.4, -0.2) is 14.3 Å². The Kier molecular flexibility index (Phi) is 6.12. The zero-order chi connectivity index (χ0) is 21.8. The van der Waals surface area contributed by atoms with Crippen molar-refractivity contribution in [3.05, 3.63) is 90.0 Å². The molecule has 0 aliphatic heterocycles. The number of amides is 1. The number of halogens is 3. The number of sulfonamides is 1. The summed E-state index contributed by atoms with van der Waals surface area (Å²) in [6.45, 7) is 0. The maximum Gasteiger partial charge on any atom is 0.416 e. The van der Waals surface area contributed by atoms with Crippen LogP contribution >= 0.6 is 0 Å². The largest absolute Gasteiger partial charge is 0.416 e. The summed E-state index contributed by atoms with van der Waals surface area (Å²) in [6, 6.07) is 18.4.